The van der Waals surface area contributed by atoms with Crippen molar-refractivity contribution in [3.63, 3.8) is 0 Å². The van der Waals surface area contributed by atoms with Gasteiger partial charge < -0.3 is 9.84 Å². The largest absolute Gasteiger partial charge is 0.456 e. The first kappa shape index (κ1) is 27.2. The van der Waals surface area contributed by atoms with Gasteiger partial charge in [-0.15, -0.1) is 0 Å². The summed E-state index contributed by atoms with van der Waals surface area (Å²) in [5.41, 5.74) is 1.25. The van der Waals surface area contributed by atoms with Crippen LogP contribution in [0.4, 0.5) is 0 Å². The van der Waals surface area contributed by atoms with E-state index in [2.05, 4.69) is 34.6 Å². The maximum atomic E-state index is 12.7. The van der Waals surface area contributed by atoms with Gasteiger partial charge in [-0.25, -0.2) is 4.79 Å². The van der Waals surface area contributed by atoms with Crippen LogP contribution < -0.4 is 0 Å². The van der Waals surface area contributed by atoms with Crippen LogP contribution in [0, 0.1) is 52.3 Å². The van der Waals surface area contributed by atoms with Crippen LogP contribution in [0.1, 0.15) is 116 Å². The Labute approximate surface area is 226 Å². The van der Waals surface area contributed by atoms with E-state index in [-0.39, 0.29) is 17.5 Å². The van der Waals surface area contributed by atoms with E-state index in [1.807, 2.05) is 18.2 Å². The van der Waals surface area contributed by atoms with Crippen LogP contribution in [-0.2, 0) is 4.74 Å². The Morgan fingerprint density at radius 2 is 1.70 bits per heavy atom. The van der Waals surface area contributed by atoms with Crippen molar-refractivity contribution in [3.05, 3.63) is 35.9 Å². The van der Waals surface area contributed by atoms with Gasteiger partial charge in [0.2, 0.25) is 0 Å². The molecule has 0 aliphatic heterocycles. The number of benzene rings is 1. The summed E-state index contributed by atoms with van der Waals surface area (Å²) in [5.74, 6) is 5.16. The molecule has 0 heterocycles. The molecule has 3 nitrogen and oxygen atoms in total. The van der Waals surface area contributed by atoms with Crippen LogP contribution in [-0.4, -0.2) is 23.3 Å². The number of ether oxygens (including phenoxy) is 1. The smallest absolute Gasteiger partial charge is 0.338 e. The molecule has 1 aromatic rings. The lowest BCUT2D eigenvalue weighted by molar-refractivity contribution is -0.161. The van der Waals surface area contributed by atoms with Gasteiger partial charge in [-0.3, -0.25) is 0 Å². The van der Waals surface area contributed by atoms with Crippen LogP contribution in [0.5, 0.6) is 0 Å². The predicted octanol–water partition coefficient (Wildman–Crippen LogP) is 8.30. The first-order chi connectivity index (χ1) is 17.6. The lowest BCUT2D eigenvalue weighted by Crippen LogP contribution is -2.57. The van der Waals surface area contributed by atoms with Crippen molar-refractivity contribution in [3.8, 4) is 0 Å². The minimum atomic E-state index is -0.557. The average Bonchev–Trinajstić information content (AvgIpc) is 3.22. The number of fused-ring (bicyclic) bond motifs is 5. The fraction of sp³-hybridized carbons (Fsp3) is 0.794. The van der Waals surface area contributed by atoms with E-state index in [0.29, 0.717) is 22.8 Å². The SMILES string of the molecule is CC(C)CCC[C@@H](C)[C@H]1CC[C@H]2[C@@H]3CC[C@H]4C[C@@H](OC(=O)c5ccccc5)[C@@H](O)C[C@]4(C)[C@H]3CC[C@]12C. The molecule has 0 amide bonds. The average molecular weight is 509 g/mol. The number of rotatable bonds is 7. The highest BCUT2D eigenvalue weighted by atomic mass is 16.6. The van der Waals surface area contributed by atoms with Gasteiger partial charge in [-0.1, -0.05) is 72.1 Å². The normalized spacial score (nSPS) is 42.0. The third kappa shape index (κ3) is 5.04. The minimum absolute atomic E-state index is 0.167. The highest BCUT2D eigenvalue weighted by Gasteiger charge is 2.61. The summed E-state index contributed by atoms with van der Waals surface area (Å²) in [6.07, 6.45) is 12.9. The fourth-order valence-electron chi connectivity index (χ4n) is 10.2. The molecule has 3 heteroatoms. The molecule has 0 unspecified atom stereocenters. The Kier molecular flexibility index (Phi) is 7.85. The quantitative estimate of drug-likeness (QED) is 0.377. The van der Waals surface area contributed by atoms with Gasteiger partial charge in [0.15, 0.2) is 0 Å². The molecule has 1 N–H and O–H groups in total. The Bertz CT molecular complexity index is 926. The van der Waals surface area contributed by atoms with Crippen molar-refractivity contribution in [1.29, 1.82) is 0 Å². The van der Waals surface area contributed by atoms with Crippen LogP contribution >= 0.6 is 0 Å². The van der Waals surface area contributed by atoms with E-state index in [0.717, 1.165) is 42.4 Å². The second-order valence-electron chi connectivity index (χ2n) is 14.5. The third-order valence-corrected chi connectivity index (χ3v) is 12.1. The van der Waals surface area contributed by atoms with E-state index in [9.17, 15) is 9.90 Å². The van der Waals surface area contributed by atoms with Crippen molar-refractivity contribution in [2.24, 2.45) is 52.3 Å². The lowest BCUT2D eigenvalue weighted by atomic mass is 9.44. The summed E-state index contributed by atoms with van der Waals surface area (Å²) in [4.78, 5) is 12.7. The molecule has 0 spiro atoms. The standard InChI is InChI=1S/C34H52O3/c1-22(2)10-9-11-23(3)27-16-17-28-26-15-14-25-20-31(37-32(36)24-12-7-6-8-13-24)30(35)21-34(25,5)29(26)18-19-33(27,28)4/h6-8,12-13,22-23,25-31,35H,9-11,14-21H2,1-5H3/t23-,25+,26+,27-,28+,29+,30+,31-,33-,34+/m1/s1. The summed E-state index contributed by atoms with van der Waals surface area (Å²) in [7, 11) is 0. The molecule has 1 aromatic carbocycles. The first-order valence-corrected chi connectivity index (χ1v) is 15.6. The van der Waals surface area contributed by atoms with E-state index < -0.39 is 6.10 Å². The van der Waals surface area contributed by atoms with E-state index in [1.165, 1.54) is 57.8 Å². The number of carbonyl (C=O) groups excluding carboxylic acids is 1. The summed E-state index contributed by atoms with van der Waals surface area (Å²) in [6.45, 7) is 12.4. The molecule has 0 bridgehead atoms. The molecule has 5 rings (SSSR count). The van der Waals surface area contributed by atoms with Gasteiger partial charge in [-0.05, 0) is 116 Å². The lowest BCUT2D eigenvalue weighted by Gasteiger charge is -2.61. The second kappa shape index (κ2) is 10.7. The van der Waals surface area contributed by atoms with Crippen LogP contribution in [0.3, 0.4) is 0 Å². The summed E-state index contributed by atoms with van der Waals surface area (Å²) in [6, 6.07) is 9.23. The maximum absolute atomic E-state index is 12.7. The molecule has 37 heavy (non-hydrogen) atoms. The van der Waals surface area contributed by atoms with Crippen molar-refractivity contribution in [1.82, 2.24) is 0 Å². The Hall–Kier alpha value is -1.35. The number of hydrogen-bond donors (Lipinski definition) is 1. The summed E-state index contributed by atoms with van der Waals surface area (Å²) in [5, 5.41) is 11.3. The van der Waals surface area contributed by atoms with Crippen LogP contribution in [0.15, 0.2) is 30.3 Å². The van der Waals surface area contributed by atoms with Gasteiger partial charge in [0.05, 0.1) is 11.7 Å². The molecule has 4 saturated carbocycles. The molecule has 0 radical (unpaired) electrons. The first-order valence-electron chi connectivity index (χ1n) is 15.6. The minimum Gasteiger partial charge on any atom is -0.456 e. The van der Waals surface area contributed by atoms with Crippen LogP contribution in [0.25, 0.3) is 0 Å². The highest BCUT2D eigenvalue weighted by molar-refractivity contribution is 5.89. The molecule has 0 saturated heterocycles. The molecule has 4 fully saturated rings. The fourth-order valence-corrected chi connectivity index (χ4v) is 10.2. The number of carbonyl (C=O) groups is 1. The van der Waals surface area contributed by atoms with Crippen molar-refractivity contribution in [2.45, 2.75) is 117 Å². The monoisotopic (exact) mass is 508 g/mol. The van der Waals surface area contributed by atoms with Gasteiger partial charge in [0, 0.05) is 0 Å². The van der Waals surface area contributed by atoms with Crippen LogP contribution in [0.2, 0.25) is 0 Å². The van der Waals surface area contributed by atoms with Gasteiger partial charge in [0.1, 0.15) is 6.10 Å². The molecular formula is C34H52O3. The van der Waals surface area contributed by atoms with E-state index >= 15 is 0 Å². The third-order valence-electron chi connectivity index (χ3n) is 12.1. The number of aliphatic hydroxyl groups is 1. The number of esters is 1. The Morgan fingerprint density at radius 3 is 2.43 bits per heavy atom. The molecule has 10 atom stereocenters. The molecule has 206 valence electrons. The molecular weight excluding hydrogens is 456 g/mol. The second-order valence-corrected chi connectivity index (χ2v) is 14.5. The van der Waals surface area contributed by atoms with Gasteiger partial charge in [0.25, 0.3) is 0 Å². The van der Waals surface area contributed by atoms with Crippen molar-refractivity contribution >= 4 is 5.97 Å². The van der Waals surface area contributed by atoms with Crippen molar-refractivity contribution < 1.29 is 14.6 Å². The molecule has 0 aromatic heterocycles. The highest BCUT2D eigenvalue weighted by Crippen LogP contribution is 2.68. The molecule has 4 aliphatic rings. The van der Waals surface area contributed by atoms with E-state index in [1.54, 1.807) is 12.1 Å². The topological polar surface area (TPSA) is 46.5 Å². The zero-order chi connectivity index (χ0) is 26.4. The Morgan fingerprint density at radius 1 is 0.973 bits per heavy atom. The predicted molar refractivity (Wildman–Crippen MR) is 150 cm³/mol. The van der Waals surface area contributed by atoms with Gasteiger partial charge in [-0.2, -0.15) is 0 Å². The number of aliphatic hydroxyl groups excluding tert-OH is 1. The van der Waals surface area contributed by atoms with Gasteiger partial charge >= 0.3 is 5.97 Å². The summed E-state index contributed by atoms with van der Waals surface area (Å²) >= 11 is 0. The molecule has 4 aliphatic carbocycles. The Balaban J connectivity index is 1.25. The zero-order valence-corrected chi connectivity index (χ0v) is 24.1. The van der Waals surface area contributed by atoms with Crippen molar-refractivity contribution in [2.75, 3.05) is 0 Å². The maximum Gasteiger partial charge on any atom is 0.338 e. The number of hydrogen-bond acceptors (Lipinski definition) is 3. The summed E-state index contributed by atoms with van der Waals surface area (Å²) < 4.78 is 5.90. The zero-order valence-electron chi connectivity index (χ0n) is 24.1. The van der Waals surface area contributed by atoms with E-state index in [4.69, 9.17) is 4.74 Å².